The minimum absolute atomic E-state index is 0.117. The number of nitrogens with zero attached hydrogens (tertiary/aromatic N) is 1. The molecule has 23 heavy (non-hydrogen) atoms. The molecule has 1 N–H and O–H groups in total. The van der Waals surface area contributed by atoms with Gasteiger partial charge in [0, 0.05) is 5.02 Å². The number of carbonyl (C=O) groups excluding carboxylic acids is 4. The van der Waals surface area contributed by atoms with Gasteiger partial charge in [0.05, 0.1) is 5.69 Å². The molecular weight excluding hydrogens is 320 g/mol. The van der Waals surface area contributed by atoms with Crippen LogP contribution in [0.15, 0.2) is 36.4 Å². The highest BCUT2D eigenvalue weighted by Crippen LogP contribution is 2.34. The summed E-state index contributed by atoms with van der Waals surface area (Å²) in [6, 6.07) is 5.16. The number of carbonyl (C=O) groups is 4. The van der Waals surface area contributed by atoms with Gasteiger partial charge in [0.1, 0.15) is 0 Å². The van der Waals surface area contributed by atoms with Crippen molar-refractivity contribution in [3.05, 3.63) is 41.4 Å². The van der Waals surface area contributed by atoms with Crippen LogP contribution < -0.4 is 10.2 Å². The third-order valence-electron chi connectivity index (χ3n) is 3.71. The second-order valence-corrected chi connectivity index (χ2v) is 5.55. The Morgan fingerprint density at radius 3 is 2.61 bits per heavy atom. The Morgan fingerprint density at radius 2 is 2.04 bits per heavy atom. The van der Waals surface area contributed by atoms with Gasteiger partial charge in [-0.2, -0.15) is 0 Å². The summed E-state index contributed by atoms with van der Waals surface area (Å²) < 4.78 is 0. The molecule has 0 spiro atoms. The van der Waals surface area contributed by atoms with Gasteiger partial charge in [-0.05, 0) is 38.5 Å². The minimum Gasteiger partial charge on any atom is -0.298 e. The van der Waals surface area contributed by atoms with Crippen molar-refractivity contribution in [3.63, 3.8) is 0 Å². The van der Waals surface area contributed by atoms with Gasteiger partial charge in [0.2, 0.25) is 0 Å². The summed E-state index contributed by atoms with van der Waals surface area (Å²) in [6.07, 6.45) is 3.06. The van der Waals surface area contributed by atoms with E-state index in [0.717, 1.165) is 11.8 Å². The summed E-state index contributed by atoms with van der Waals surface area (Å²) >= 11 is 5.89. The molecule has 120 valence electrons. The number of anilines is 1. The first-order valence-corrected chi connectivity index (χ1v) is 7.30. The molecule has 0 aromatic heterocycles. The van der Waals surface area contributed by atoms with Gasteiger partial charge in [-0.3, -0.25) is 19.7 Å². The van der Waals surface area contributed by atoms with Gasteiger partial charge in [0.15, 0.2) is 11.2 Å². The number of nitrogens with one attached hydrogen (secondary N) is 1. The second kappa shape index (κ2) is 6.34. The fourth-order valence-corrected chi connectivity index (χ4v) is 2.60. The monoisotopic (exact) mass is 334 g/mol. The van der Waals surface area contributed by atoms with Crippen LogP contribution in [0.4, 0.5) is 10.5 Å². The summed E-state index contributed by atoms with van der Waals surface area (Å²) in [6.45, 7) is 2.87. The molecular formula is C16H15ClN2O4. The highest BCUT2D eigenvalue weighted by Gasteiger charge is 2.57. The van der Waals surface area contributed by atoms with Gasteiger partial charge in [-0.25, -0.2) is 9.69 Å². The van der Waals surface area contributed by atoms with Crippen molar-refractivity contribution in [2.24, 2.45) is 5.41 Å². The van der Waals surface area contributed by atoms with Crippen molar-refractivity contribution >= 4 is 40.9 Å². The average Bonchev–Trinajstić information content (AvgIpc) is 2.47. The maximum absolute atomic E-state index is 12.9. The number of allylic oxidation sites excluding steroid dienone is 2. The van der Waals surface area contributed by atoms with Gasteiger partial charge in [0.25, 0.3) is 11.8 Å². The van der Waals surface area contributed by atoms with Crippen LogP contribution in [0.25, 0.3) is 0 Å². The quantitative estimate of drug-likeness (QED) is 0.677. The van der Waals surface area contributed by atoms with Crippen molar-refractivity contribution in [3.8, 4) is 0 Å². The Kier molecular flexibility index (Phi) is 4.65. The van der Waals surface area contributed by atoms with E-state index in [-0.39, 0.29) is 12.1 Å². The first-order valence-electron chi connectivity index (χ1n) is 6.92. The van der Waals surface area contributed by atoms with Crippen molar-refractivity contribution in [2.45, 2.75) is 20.3 Å². The Bertz CT molecular complexity index is 729. The van der Waals surface area contributed by atoms with Crippen molar-refractivity contribution in [1.82, 2.24) is 5.32 Å². The molecule has 0 bridgehead atoms. The molecule has 1 unspecified atom stereocenters. The number of urea groups is 1. The summed E-state index contributed by atoms with van der Waals surface area (Å²) in [5.74, 6) is -2.41. The Morgan fingerprint density at radius 1 is 1.35 bits per heavy atom. The molecule has 1 aromatic rings. The van der Waals surface area contributed by atoms with Crippen LogP contribution in [0, 0.1) is 5.41 Å². The van der Waals surface area contributed by atoms with Crippen molar-refractivity contribution in [1.29, 1.82) is 0 Å². The fraction of sp³-hybridized carbons (Fsp3) is 0.250. The number of benzene rings is 1. The van der Waals surface area contributed by atoms with Crippen LogP contribution in [-0.2, 0) is 14.4 Å². The fourth-order valence-electron chi connectivity index (χ4n) is 2.42. The molecule has 2 rings (SSSR count). The lowest BCUT2D eigenvalue weighted by molar-refractivity contribution is -0.149. The van der Waals surface area contributed by atoms with E-state index >= 15 is 0 Å². The lowest BCUT2D eigenvalue weighted by atomic mass is 9.76. The van der Waals surface area contributed by atoms with E-state index in [4.69, 9.17) is 11.6 Å². The van der Waals surface area contributed by atoms with Crippen LogP contribution in [0.5, 0.6) is 0 Å². The third kappa shape index (κ3) is 2.77. The van der Waals surface area contributed by atoms with E-state index in [2.05, 4.69) is 5.32 Å². The Balaban J connectivity index is 2.57. The molecule has 1 fully saturated rings. The topological polar surface area (TPSA) is 83.6 Å². The molecule has 0 radical (unpaired) electrons. The predicted octanol–water partition coefficient (Wildman–Crippen LogP) is 2.46. The molecule has 1 saturated heterocycles. The number of hydrogen-bond acceptors (Lipinski definition) is 4. The standard InChI is InChI=1S/C16H15ClN2O4/c1-3-4-8-16(10(2)20)13(21)18-15(23)19(14(16)22)12-7-5-6-11(17)9-12/h3-7,9H,8H2,1-2H3,(H,18,21,23). The van der Waals surface area contributed by atoms with Crippen LogP contribution >= 0.6 is 11.6 Å². The van der Waals surface area contributed by atoms with Crippen LogP contribution in [0.2, 0.25) is 5.02 Å². The Hall–Kier alpha value is -2.47. The number of imide groups is 2. The SMILES string of the molecule is CC=CCC1(C(C)=O)C(=O)NC(=O)N(c2cccc(Cl)c2)C1=O. The van der Waals surface area contributed by atoms with E-state index < -0.39 is 29.0 Å². The van der Waals surface area contributed by atoms with E-state index in [1.807, 2.05) is 0 Å². The zero-order valence-corrected chi connectivity index (χ0v) is 13.4. The van der Waals surface area contributed by atoms with Crippen LogP contribution in [0.3, 0.4) is 0 Å². The largest absolute Gasteiger partial charge is 0.335 e. The van der Waals surface area contributed by atoms with E-state index in [0.29, 0.717) is 5.02 Å². The molecule has 1 aliphatic rings. The van der Waals surface area contributed by atoms with E-state index in [1.165, 1.54) is 12.1 Å². The number of ketones is 1. The number of halogens is 1. The number of rotatable bonds is 4. The molecule has 1 heterocycles. The summed E-state index contributed by atoms with van der Waals surface area (Å²) in [7, 11) is 0. The summed E-state index contributed by atoms with van der Waals surface area (Å²) in [5, 5.41) is 2.41. The third-order valence-corrected chi connectivity index (χ3v) is 3.94. The highest BCUT2D eigenvalue weighted by atomic mass is 35.5. The Labute approximate surface area is 138 Å². The summed E-state index contributed by atoms with van der Waals surface area (Å²) in [4.78, 5) is 50.1. The zero-order chi connectivity index (χ0) is 17.2. The minimum atomic E-state index is -1.96. The smallest absolute Gasteiger partial charge is 0.298 e. The maximum Gasteiger partial charge on any atom is 0.335 e. The number of hydrogen-bond donors (Lipinski definition) is 1. The first kappa shape index (κ1) is 16.9. The number of barbiturate groups is 1. The van der Waals surface area contributed by atoms with Crippen molar-refractivity contribution < 1.29 is 19.2 Å². The molecule has 1 aliphatic heterocycles. The van der Waals surface area contributed by atoms with E-state index in [9.17, 15) is 19.2 Å². The first-order chi connectivity index (χ1) is 10.8. The average molecular weight is 335 g/mol. The number of Topliss-reactive ketones (excluding diaryl/α,β-unsaturated/α-hetero) is 1. The predicted molar refractivity (Wildman–Crippen MR) is 85.0 cm³/mol. The summed E-state index contributed by atoms with van der Waals surface area (Å²) in [5.41, 5.74) is -1.76. The van der Waals surface area contributed by atoms with E-state index in [1.54, 1.807) is 31.2 Å². The normalized spacial score (nSPS) is 21.7. The van der Waals surface area contributed by atoms with Crippen molar-refractivity contribution in [2.75, 3.05) is 4.90 Å². The molecule has 0 aliphatic carbocycles. The molecule has 7 heteroatoms. The van der Waals surface area contributed by atoms with Gasteiger partial charge >= 0.3 is 6.03 Å². The molecule has 1 aromatic carbocycles. The van der Waals surface area contributed by atoms with Gasteiger partial charge in [-0.15, -0.1) is 0 Å². The van der Waals surface area contributed by atoms with Gasteiger partial charge in [-0.1, -0.05) is 29.8 Å². The molecule has 0 saturated carbocycles. The number of amides is 4. The molecule has 1 atom stereocenters. The second-order valence-electron chi connectivity index (χ2n) is 5.11. The zero-order valence-electron chi connectivity index (χ0n) is 12.6. The molecule has 4 amide bonds. The maximum atomic E-state index is 12.9. The highest BCUT2D eigenvalue weighted by molar-refractivity contribution is 6.38. The van der Waals surface area contributed by atoms with Crippen LogP contribution in [-0.4, -0.2) is 23.6 Å². The lowest BCUT2D eigenvalue weighted by Gasteiger charge is -2.37. The van der Waals surface area contributed by atoms with Crippen LogP contribution in [0.1, 0.15) is 20.3 Å². The molecule has 6 nitrogen and oxygen atoms in total. The lowest BCUT2D eigenvalue weighted by Crippen LogP contribution is -2.66. The van der Waals surface area contributed by atoms with Gasteiger partial charge < -0.3 is 0 Å².